The average Bonchev–Trinajstić information content (AvgIpc) is 2.46. The van der Waals surface area contributed by atoms with Crippen LogP contribution in [-0.2, 0) is 7.05 Å². The lowest BCUT2D eigenvalue weighted by Gasteiger charge is -1.91. The number of aromatic amines is 1. The molecular weight excluding hydrogens is 234 g/mol. The van der Waals surface area contributed by atoms with Crippen LogP contribution in [-0.4, -0.2) is 5.10 Å². The molecule has 0 aliphatic carbocycles. The molecular formula is C8H7BrN3O+. The maximum atomic E-state index is 10.4. The fourth-order valence-corrected chi connectivity index (χ4v) is 1.71. The molecule has 13 heavy (non-hydrogen) atoms. The molecule has 0 bridgehead atoms. The van der Waals surface area contributed by atoms with Crippen molar-refractivity contribution in [3.05, 3.63) is 27.7 Å². The van der Waals surface area contributed by atoms with Crippen LogP contribution in [0.4, 0.5) is 5.69 Å². The third kappa shape index (κ3) is 1.25. The van der Waals surface area contributed by atoms with Gasteiger partial charge in [-0.2, -0.15) is 5.10 Å². The number of nitrogens with zero attached hydrogens (tertiary/aromatic N) is 2. The van der Waals surface area contributed by atoms with Crippen LogP contribution in [0.15, 0.2) is 28.0 Å². The normalized spacial score (nSPS) is 10.6. The van der Waals surface area contributed by atoms with E-state index in [1.54, 1.807) is 6.07 Å². The van der Waals surface area contributed by atoms with E-state index in [1.165, 1.54) is 0 Å². The number of rotatable bonds is 1. The molecule has 4 nitrogen and oxygen atoms in total. The molecule has 1 heterocycles. The minimum atomic E-state index is 0.419. The zero-order valence-corrected chi connectivity index (χ0v) is 8.50. The predicted molar refractivity (Wildman–Crippen MR) is 52.6 cm³/mol. The highest BCUT2D eigenvalue weighted by molar-refractivity contribution is 9.10. The zero-order valence-electron chi connectivity index (χ0n) is 6.91. The first-order chi connectivity index (χ1) is 6.22. The number of aryl methyl sites for hydroxylation is 1. The summed E-state index contributed by atoms with van der Waals surface area (Å²) in [5.41, 5.74) is 1.38. The number of benzene rings is 1. The van der Waals surface area contributed by atoms with Crippen LogP contribution in [0.25, 0.3) is 10.9 Å². The topological polar surface area (TPSA) is 49.1 Å². The molecule has 0 spiro atoms. The van der Waals surface area contributed by atoms with Crippen molar-refractivity contribution >= 4 is 32.5 Å². The number of nitroso groups, excluding NO2 is 1. The number of halogens is 1. The first-order valence-corrected chi connectivity index (χ1v) is 4.51. The summed E-state index contributed by atoms with van der Waals surface area (Å²) in [5, 5.41) is 6.97. The summed E-state index contributed by atoms with van der Waals surface area (Å²) in [6.45, 7) is 0. The molecule has 2 aromatic rings. The summed E-state index contributed by atoms with van der Waals surface area (Å²) < 4.78 is 2.55. The van der Waals surface area contributed by atoms with Crippen molar-refractivity contribution in [3.63, 3.8) is 0 Å². The fraction of sp³-hybridized carbons (Fsp3) is 0.125. The second kappa shape index (κ2) is 2.92. The highest BCUT2D eigenvalue weighted by Gasteiger charge is 2.11. The second-order valence-corrected chi connectivity index (χ2v) is 3.64. The van der Waals surface area contributed by atoms with Crippen molar-refractivity contribution in [2.45, 2.75) is 0 Å². The van der Waals surface area contributed by atoms with Gasteiger partial charge in [0.1, 0.15) is 5.69 Å². The third-order valence-corrected chi connectivity index (χ3v) is 2.60. The number of H-pyrrole nitrogens is 1. The molecule has 0 amide bonds. The number of hydrogen-bond donors (Lipinski definition) is 1. The van der Waals surface area contributed by atoms with Crippen molar-refractivity contribution in [3.8, 4) is 0 Å². The van der Waals surface area contributed by atoms with E-state index in [0.29, 0.717) is 5.69 Å². The summed E-state index contributed by atoms with van der Waals surface area (Å²) in [7, 11) is 1.88. The molecule has 0 fully saturated rings. The Labute approximate surface area is 82.6 Å². The monoisotopic (exact) mass is 240 g/mol. The Bertz CT molecular complexity index is 477. The van der Waals surface area contributed by atoms with Gasteiger partial charge in [0.25, 0.3) is 0 Å². The molecule has 0 saturated carbocycles. The quantitative estimate of drug-likeness (QED) is 0.603. The Morgan fingerprint density at radius 3 is 3.00 bits per heavy atom. The second-order valence-electron chi connectivity index (χ2n) is 2.79. The van der Waals surface area contributed by atoms with E-state index in [9.17, 15) is 4.91 Å². The van der Waals surface area contributed by atoms with Crippen molar-refractivity contribution < 1.29 is 4.68 Å². The third-order valence-electron chi connectivity index (χ3n) is 1.97. The first kappa shape index (κ1) is 8.37. The molecule has 2 rings (SSSR count). The van der Waals surface area contributed by atoms with E-state index in [2.05, 4.69) is 26.2 Å². The van der Waals surface area contributed by atoms with Gasteiger partial charge in [0.2, 0.25) is 5.52 Å². The summed E-state index contributed by atoms with van der Waals surface area (Å²) in [4.78, 5) is 10.4. The van der Waals surface area contributed by atoms with Crippen LogP contribution in [0.2, 0.25) is 0 Å². The van der Waals surface area contributed by atoms with Gasteiger partial charge < -0.3 is 0 Å². The van der Waals surface area contributed by atoms with Crippen molar-refractivity contribution in [1.29, 1.82) is 0 Å². The van der Waals surface area contributed by atoms with Crippen molar-refractivity contribution in [1.82, 2.24) is 5.10 Å². The van der Waals surface area contributed by atoms with Gasteiger partial charge in [-0.25, -0.2) is 0 Å². The SMILES string of the molecule is C[n+]1[nH]cc2cc(Br)c(N=O)cc21. The minimum Gasteiger partial charge on any atom is -0.172 e. The molecule has 1 aromatic carbocycles. The number of aromatic nitrogens is 2. The first-order valence-electron chi connectivity index (χ1n) is 3.72. The lowest BCUT2D eigenvalue weighted by Crippen LogP contribution is -2.29. The minimum absolute atomic E-state index is 0.419. The predicted octanol–water partition coefficient (Wildman–Crippen LogP) is 2.15. The van der Waals surface area contributed by atoms with Gasteiger partial charge in [-0.3, -0.25) is 0 Å². The molecule has 0 aliphatic heterocycles. The van der Waals surface area contributed by atoms with Crippen LogP contribution >= 0.6 is 15.9 Å². The Balaban J connectivity index is 2.84. The number of fused-ring (bicyclic) bond motifs is 1. The molecule has 0 aliphatic rings. The smallest absolute Gasteiger partial charge is 0.172 e. The van der Waals surface area contributed by atoms with Crippen LogP contribution in [0.3, 0.4) is 0 Å². The molecule has 1 N–H and O–H groups in total. The molecule has 0 atom stereocenters. The fourth-order valence-electron chi connectivity index (χ4n) is 1.28. The summed E-state index contributed by atoms with van der Waals surface area (Å²) in [6, 6.07) is 3.60. The van der Waals surface area contributed by atoms with Crippen LogP contribution in [0.5, 0.6) is 0 Å². The van der Waals surface area contributed by atoms with Gasteiger partial charge in [0.15, 0.2) is 7.05 Å². The lowest BCUT2D eigenvalue weighted by molar-refractivity contribution is -0.702. The van der Waals surface area contributed by atoms with Gasteiger partial charge in [0.05, 0.1) is 11.6 Å². The van der Waals surface area contributed by atoms with E-state index < -0.39 is 0 Å². The average molecular weight is 241 g/mol. The zero-order chi connectivity index (χ0) is 9.42. The van der Waals surface area contributed by atoms with E-state index in [1.807, 2.05) is 24.0 Å². The van der Waals surface area contributed by atoms with Gasteiger partial charge >= 0.3 is 0 Å². The standard InChI is InChI=1S/C8H6BrN3O/c1-12-8-3-7(11-13)6(9)2-5(8)4-10-12/h2-4H,1H3/p+1. The summed E-state index contributed by atoms with van der Waals surface area (Å²) >= 11 is 3.27. The van der Waals surface area contributed by atoms with E-state index in [-0.39, 0.29) is 0 Å². The lowest BCUT2D eigenvalue weighted by atomic mass is 10.2. The highest BCUT2D eigenvalue weighted by atomic mass is 79.9. The number of hydrogen-bond acceptors (Lipinski definition) is 2. The molecule has 0 saturated heterocycles. The summed E-state index contributed by atoms with van der Waals surface area (Å²) in [5.74, 6) is 0. The Morgan fingerprint density at radius 2 is 2.31 bits per heavy atom. The van der Waals surface area contributed by atoms with Gasteiger partial charge in [-0.05, 0) is 27.2 Å². The molecule has 5 heteroatoms. The van der Waals surface area contributed by atoms with E-state index in [4.69, 9.17) is 0 Å². The van der Waals surface area contributed by atoms with Crippen LogP contribution < -0.4 is 4.68 Å². The van der Waals surface area contributed by atoms with E-state index in [0.717, 1.165) is 15.4 Å². The van der Waals surface area contributed by atoms with Crippen LogP contribution in [0.1, 0.15) is 0 Å². The maximum absolute atomic E-state index is 10.4. The van der Waals surface area contributed by atoms with E-state index >= 15 is 0 Å². The largest absolute Gasteiger partial charge is 0.240 e. The Hall–Kier alpha value is -1.23. The highest BCUT2D eigenvalue weighted by Crippen LogP contribution is 2.28. The Kier molecular flexibility index (Phi) is 1.88. The molecule has 66 valence electrons. The van der Waals surface area contributed by atoms with Crippen molar-refractivity contribution in [2.24, 2.45) is 12.2 Å². The maximum Gasteiger partial charge on any atom is 0.240 e. The van der Waals surface area contributed by atoms with Gasteiger partial charge in [-0.15, -0.1) is 9.59 Å². The molecule has 0 radical (unpaired) electrons. The van der Waals surface area contributed by atoms with Crippen LogP contribution in [0, 0.1) is 4.91 Å². The van der Waals surface area contributed by atoms with Gasteiger partial charge in [0, 0.05) is 10.5 Å². The van der Waals surface area contributed by atoms with Gasteiger partial charge in [-0.1, -0.05) is 0 Å². The molecule has 1 aromatic heterocycles. The Morgan fingerprint density at radius 1 is 1.54 bits per heavy atom. The van der Waals surface area contributed by atoms with Crippen molar-refractivity contribution in [2.75, 3.05) is 0 Å². The summed E-state index contributed by atoms with van der Waals surface area (Å²) in [6.07, 6.45) is 1.87. The number of nitrogens with one attached hydrogen (secondary N) is 1. The molecule has 0 unspecified atom stereocenters.